The Morgan fingerprint density at radius 1 is 1.15 bits per heavy atom. The Balaban J connectivity index is 0.00000196. The van der Waals surface area contributed by atoms with Gasteiger partial charge >= 0.3 is 0 Å². The molecule has 0 aliphatic carbocycles. The van der Waals surface area contributed by atoms with E-state index in [9.17, 15) is 8.42 Å². The highest BCUT2D eigenvalue weighted by atomic mass is 35.5. The van der Waals surface area contributed by atoms with E-state index in [1.165, 1.54) is 11.3 Å². The second-order valence-corrected chi connectivity index (χ2v) is 9.10. The van der Waals surface area contributed by atoms with E-state index < -0.39 is 10.0 Å². The fraction of sp³-hybridized carbons (Fsp3) is 0.412. The van der Waals surface area contributed by atoms with Crippen molar-refractivity contribution in [2.75, 3.05) is 26.4 Å². The molecule has 26 heavy (non-hydrogen) atoms. The lowest BCUT2D eigenvalue weighted by Gasteiger charge is -2.28. The van der Waals surface area contributed by atoms with Crippen molar-refractivity contribution in [3.63, 3.8) is 0 Å². The van der Waals surface area contributed by atoms with Crippen LogP contribution in [0, 0.1) is 0 Å². The van der Waals surface area contributed by atoms with Crippen LogP contribution < -0.4 is 14.2 Å². The van der Waals surface area contributed by atoms with Gasteiger partial charge < -0.3 is 9.47 Å². The summed E-state index contributed by atoms with van der Waals surface area (Å²) in [5.41, 5.74) is 1.04. The molecular formula is C17H21ClN2O4S2. The second-order valence-electron chi connectivity index (χ2n) is 6.16. The van der Waals surface area contributed by atoms with Crippen molar-refractivity contribution >= 4 is 33.8 Å². The third kappa shape index (κ3) is 3.99. The maximum atomic E-state index is 12.5. The first-order valence-electron chi connectivity index (χ1n) is 8.30. The number of sulfonamides is 1. The molecular weight excluding hydrogens is 396 g/mol. The van der Waals surface area contributed by atoms with Crippen LogP contribution in [-0.2, 0) is 10.0 Å². The van der Waals surface area contributed by atoms with Crippen molar-refractivity contribution in [1.82, 2.24) is 9.62 Å². The number of rotatable bonds is 6. The summed E-state index contributed by atoms with van der Waals surface area (Å²) in [4.78, 5) is 2.33. The second kappa shape index (κ2) is 8.14. The van der Waals surface area contributed by atoms with Gasteiger partial charge in [-0.2, -0.15) is 0 Å². The monoisotopic (exact) mass is 416 g/mol. The maximum Gasteiger partial charge on any atom is 0.250 e. The molecule has 1 saturated heterocycles. The van der Waals surface area contributed by atoms with Crippen LogP contribution in [0.25, 0.3) is 0 Å². The van der Waals surface area contributed by atoms with Crippen LogP contribution >= 0.6 is 23.7 Å². The van der Waals surface area contributed by atoms with Crippen LogP contribution in [0.4, 0.5) is 0 Å². The molecule has 9 heteroatoms. The molecule has 0 bridgehead atoms. The molecule has 3 heterocycles. The molecule has 1 N–H and O–H groups in total. The minimum absolute atomic E-state index is 0. The molecule has 4 rings (SSSR count). The molecule has 1 unspecified atom stereocenters. The summed E-state index contributed by atoms with van der Waals surface area (Å²) in [6.07, 6.45) is 2.28. The largest absolute Gasteiger partial charge is 0.454 e. The molecule has 2 aliphatic heterocycles. The van der Waals surface area contributed by atoms with E-state index in [2.05, 4.69) is 9.62 Å². The molecule has 0 saturated carbocycles. The topological polar surface area (TPSA) is 67.9 Å². The van der Waals surface area contributed by atoms with Crippen LogP contribution in [0.15, 0.2) is 39.9 Å². The zero-order chi connectivity index (χ0) is 17.3. The van der Waals surface area contributed by atoms with E-state index in [1.807, 2.05) is 18.2 Å². The van der Waals surface area contributed by atoms with Gasteiger partial charge in [0.25, 0.3) is 0 Å². The van der Waals surface area contributed by atoms with E-state index in [0.717, 1.165) is 43.0 Å². The Kier molecular flexibility index (Phi) is 6.09. The Morgan fingerprint density at radius 2 is 1.92 bits per heavy atom. The van der Waals surface area contributed by atoms with Crippen LogP contribution in [0.2, 0.25) is 0 Å². The van der Waals surface area contributed by atoms with Crippen LogP contribution in [0.5, 0.6) is 11.5 Å². The highest BCUT2D eigenvalue weighted by Gasteiger charge is 2.27. The first-order valence-corrected chi connectivity index (χ1v) is 10.7. The average molecular weight is 417 g/mol. The van der Waals surface area contributed by atoms with Gasteiger partial charge in [0.2, 0.25) is 16.8 Å². The van der Waals surface area contributed by atoms with E-state index in [4.69, 9.17) is 9.47 Å². The van der Waals surface area contributed by atoms with Crippen molar-refractivity contribution in [2.24, 2.45) is 0 Å². The first-order chi connectivity index (χ1) is 12.1. The number of fused-ring (bicyclic) bond motifs is 1. The van der Waals surface area contributed by atoms with Gasteiger partial charge in [0, 0.05) is 12.6 Å². The molecule has 1 aromatic carbocycles. The first kappa shape index (κ1) is 19.4. The predicted octanol–water partition coefficient (Wildman–Crippen LogP) is 3.01. The third-order valence-corrected chi connectivity index (χ3v) is 7.41. The summed E-state index contributed by atoms with van der Waals surface area (Å²) in [6.45, 7) is 2.51. The molecule has 1 atom stereocenters. The van der Waals surface area contributed by atoms with Gasteiger partial charge in [0.15, 0.2) is 11.5 Å². The number of halogens is 1. The smallest absolute Gasteiger partial charge is 0.250 e. The number of nitrogens with one attached hydrogen (secondary N) is 1. The summed E-state index contributed by atoms with van der Waals surface area (Å²) in [6, 6.07) is 9.20. The highest BCUT2D eigenvalue weighted by Crippen LogP contribution is 2.36. The Hall–Kier alpha value is -1.32. The van der Waals surface area contributed by atoms with Crippen LogP contribution in [-0.4, -0.2) is 39.7 Å². The van der Waals surface area contributed by atoms with Crippen LogP contribution in [0.1, 0.15) is 24.4 Å². The molecule has 2 aromatic rings. The molecule has 2 aliphatic rings. The lowest BCUT2D eigenvalue weighted by molar-refractivity contribution is 0.173. The number of benzene rings is 1. The minimum atomic E-state index is -3.48. The number of ether oxygens (including phenoxy) is 2. The SMILES string of the molecule is Cl.O=S(=O)(NCC(c1ccc2c(c1)OCO2)N1CCCC1)c1cccs1. The zero-order valence-electron chi connectivity index (χ0n) is 14.1. The van der Waals surface area contributed by atoms with Crippen molar-refractivity contribution in [3.05, 3.63) is 41.3 Å². The normalized spacial score (nSPS) is 17.8. The molecule has 1 fully saturated rings. The summed E-state index contributed by atoms with van der Waals surface area (Å²) in [7, 11) is -3.48. The van der Waals surface area contributed by atoms with Crippen molar-refractivity contribution in [1.29, 1.82) is 0 Å². The molecule has 0 amide bonds. The fourth-order valence-corrected chi connectivity index (χ4v) is 5.38. The van der Waals surface area contributed by atoms with E-state index >= 15 is 0 Å². The molecule has 0 radical (unpaired) electrons. The molecule has 1 aromatic heterocycles. The highest BCUT2D eigenvalue weighted by molar-refractivity contribution is 7.91. The van der Waals surface area contributed by atoms with Gasteiger partial charge in [0.1, 0.15) is 4.21 Å². The van der Waals surface area contributed by atoms with Gasteiger partial charge in [-0.25, -0.2) is 13.1 Å². The van der Waals surface area contributed by atoms with Crippen molar-refractivity contribution in [2.45, 2.75) is 23.1 Å². The Bertz CT molecular complexity index is 836. The summed E-state index contributed by atoms with van der Waals surface area (Å²) in [5, 5.41) is 1.77. The van der Waals surface area contributed by atoms with Gasteiger partial charge in [-0.3, -0.25) is 4.90 Å². The van der Waals surface area contributed by atoms with Gasteiger partial charge in [-0.15, -0.1) is 23.7 Å². The summed E-state index contributed by atoms with van der Waals surface area (Å²) < 4.78 is 38.9. The van der Waals surface area contributed by atoms with Gasteiger partial charge in [0.05, 0.1) is 0 Å². The van der Waals surface area contributed by atoms with Gasteiger partial charge in [-0.05, 0) is 55.1 Å². The van der Waals surface area contributed by atoms with Crippen molar-refractivity contribution < 1.29 is 17.9 Å². The predicted molar refractivity (Wildman–Crippen MR) is 103 cm³/mol. The quantitative estimate of drug-likeness (QED) is 0.783. The zero-order valence-corrected chi connectivity index (χ0v) is 16.5. The third-order valence-electron chi connectivity index (χ3n) is 4.59. The summed E-state index contributed by atoms with van der Waals surface area (Å²) in [5.74, 6) is 1.46. The average Bonchev–Trinajstić information content (AvgIpc) is 3.36. The van der Waals surface area contributed by atoms with Gasteiger partial charge in [-0.1, -0.05) is 12.1 Å². The number of likely N-dealkylation sites (tertiary alicyclic amines) is 1. The molecule has 142 valence electrons. The lowest BCUT2D eigenvalue weighted by Crippen LogP contribution is -2.36. The Morgan fingerprint density at radius 3 is 2.65 bits per heavy atom. The van der Waals surface area contributed by atoms with Crippen LogP contribution in [0.3, 0.4) is 0 Å². The van der Waals surface area contributed by atoms with Crippen molar-refractivity contribution in [3.8, 4) is 11.5 Å². The summed E-state index contributed by atoms with van der Waals surface area (Å²) >= 11 is 1.23. The minimum Gasteiger partial charge on any atom is -0.454 e. The maximum absolute atomic E-state index is 12.5. The lowest BCUT2D eigenvalue weighted by atomic mass is 10.1. The standard InChI is InChI=1S/C17H20N2O4S2.ClH/c20-25(21,17-4-3-9-24-17)18-11-14(19-7-1-2-8-19)13-5-6-15-16(10-13)23-12-22-15;/h3-6,9-10,14,18H,1-2,7-8,11-12H2;1H. The van der Waals surface area contributed by atoms with E-state index in [0.29, 0.717) is 10.8 Å². The molecule has 0 spiro atoms. The number of nitrogens with zero attached hydrogens (tertiary/aromatic N) is 1. The number of thiophene rings is 1. The number of hydrogen-bond acceptors (Lipinski definition) is 6. The Labute approximate surface area is 163 Å². The van der Waals surface area contributed by atoms with E-state index in [-0.39, 0.29) is 25.2 Å². The molecule has 6 nitrogen and oxygen atoms in total. The number of hydrogen-bond donors (Lipinski definition) is 1. The fourth-order valence-electron chi connectivity index (χ4n) is 3.31. The van der Waals surface area contributed by atoms with E-state index in [1.54, 1.807) is 17.5 Å².